The molecule has 3 amide bonds. The Morgan fingerprint density at radius 3 is 2.50 bits per heavy atom. The number of benzene rings is 2. The standard InChI is InChI=1S/C25H29ClN6O4/c26-20-4-2-1-3-19(20)22(34)31-17-7-5-16(6-8-17)25(24(27)36)21(29-15-30-25)23(35)28-11-14-32-12-9-18(33)10-13-32/h1-8,15,18,21,33H,9-14H2,(H2,27,36)(H,28,35)(H,29,30)(H,31,34). The summed E-state index contributed by atoms with van der Waals surface area (Å²) in [5.41, 5.74) is 5.47. The van der Waals surface area contributed by atoms with Gasteiger partial charge in [0.05, 0.1) is 23.0 Å². The van der Waals surface area contributed by atoms with E-state index < -0.39 is 23.4 Å². The van der Waals surface area contributed by atoms with Crippen LogP contribution in [-0.2, 0) is 15.1 Å². The van der Waals surface area contributed by atoms with Gasteiger partial charge in [0.2, 0.25) is 5.91 Å². The zero-order valence-electron chi connectivity index (χ0n) is 19.6. The Morgan fingerprint density at radius 1 is 1.14 bits per heavy atom. The third kappa shape index (κ3) is 5.35. The maximum Gasteiger partial charge on any atom is 0.257 e. The number of amides is 3. The smallest absolute Gasteiger partial charge is 0.257 e. The molecule has 1 saturated heterocycles. The molecule has 2 aromatic rings. The summed E-state index contributed by atoms with van der Waals surface area (Å²) in [6.07, 6.45) is 2.48. The summed E-state index contributed by atoms with van der Waals surface area (Å²) in [5.74, 6) is -1.55. The van der Waals surface area contributed by atoms with Crippen LogP contribution in [0.4, 0.5) is 5.69 Å². The number of aliphatic imine (C=N–C) groups is 1. The van der Waals surface area contributed by atoms with E-state index in [9.17, 15) is 19.5 Å². The number of aliphatic hydroxyl groups excluding tert-OH is 1. The number of hydrogen-bond donors (Lipinski definition) is 5. The molecule has 2 heterocycles. The molecule has 36 heavy (non-hydrogen) atoms. The third-order valence-corrected chi connectivity index (χ3v) is 6.89. The van der Waals surface area contributed by atoms with Gasteiger partial charge < -0.3 is 31.7 Å². The van der Waals surface area contributed by atoms with Crippen molar-refractivity contribution in [3.05, 3.63) is 64.7 Å². The number of likely N-dealkylation sites (tertiary alicyclic amines) is 1. The molecule has 2 aliphatic rings. The lowest BCUT2D eigenvalue weighted by molar-refractivity contribution is -0.131. The Kier molecular flexibility index (Phi) is 7.88. The maximum atomic E-state index is 13.0. The molecule has 0 aromatic heterocycles. The van der Waals surface area contributed by atoms with Gasteiger partial charge in [-0.1, -0.05) is 35.9 Å². The van der Waals surface area contributed by atoms with E-state index in [1.807, 2.05) is 0 Å². The van der Waals surface area contributed by atoms with Gasteiger partial charge in [-0.05, 0) is 42.7 Å². The molecule has 2 aliphatic heterocycles. The van der Waals surface area contributed by atoms with E-state index >= 15 is 0 Å². The summed E-state index contributed by atoms with van der Waals surface area (Å²) in [7, 11) is 0. The van der Waals surface area contributed by atoms with Crippen LogP contribution < -0.4 is 21.7 Å². The van der Waals surface area contributed by atoms with Crippen molar-refractivity contribution in [2.45, 2.75) is 30.5 Å². The Morgan fingerprint density at radius 2 is 1.83 bits per heavy atom. The predicted molar refractivity (Wildman–Crippen MR) is 137 cm³/mol. The maximum absolute atomic E-state index is 13.0. The average molecular weight is 513 g/mol. The highest BCUT2D eigenvalue weighted by Gasteiger charge is 2.52. The SMILES string of the molecule is NC(=O)C1(c2ccc(NC(=O)c3ccccc3Cl)cc2)NC=NC1C(=O)NCCN1CCC(O)CC1. The molecule has 10 nitrogen and oxygen atoms in total. The molecular formula is C25H29ClN6O4. The molecule has 0 aliphatic carbocycles. The molecule has 190 valence electrons. The second-order valence-electron chi connectivity index (χ2n) is 8.87. The van der Waals surface area contributed by atoms with Crippen molar-refractivity contribution < 1.29 is 19.5 Å². The minimum atomic E-state index is -1.56. The Balaban J connectivity index is 1.43. The van der Waals surface area contributed by atoms with E-state index in [2.05, 4.69) is 25.8 Å². The minimum Gasteiger partial charge on any atom is -0.393 e. The Hall–Kier alpha value is -3.47. The Bertz CT molecular complexity index is 1150. The fraction of sp³-hybridized carbons (Fsp3) is 0.360. The van der Waals surface area contributed by atoms with Crippen LogP contribution in [0.3, 0.4) is 0 Å². The van der Waals surface area contributed by atoms with Gasteiger partial charge in [0.15, 0.2) is 11.6 Å². The second-order valence-corrected chi connectivity index (χ2v) is 9.28. The molecule has 1 fully saturated rings. The molecular weight excluding hydrogens is 484 g/mol. The minimum absolute atomic E-state index is 0.262. The molecule has 11 heteroatoms. The predicted octanol–water partition coefficient (Wildman–Crippen LogP) is 0.846. The van der Waals surface area contributed by atoms with E-state index in [4.69, 9.17) is 17.3 Å². The van der Waals surface area contributed by atoms with Crippen molar-refractivity contribution in [3.8, 4) is 0 Å². The van der Waals surface area contributed by atoms with Crippen molar-refractivity contribution in [1.82, 2.24) is 15.5 Å². The first-order valence-electron chi connectivity index (χ1n) is 11.7. The number of carbonyl (C=O) groups excluding carboxylic acids is 3. The van der Waals surface area contributed by atoms with Crippen LogP contribution in [0.1, 0.15) is 28.8 Å². The number of nitrogens with one attached hydrogen (secondary N) is 3. The highest BCUT2D eigenvalue weighted by Crippen LogP contribution is 2.31. The van der Waals surface area contributed by atoms with Gasteiger partial charge >= 0.3 is 0 Å². The lowest BCUT2D eigenvalue weighted by Gasteiger charge is -2.32. The zero-order chi connectivity index (χ0) is 25.7. The number of nitrogens with zero attached hydrogens (tertiary/aromatic N) is 2. The molecule has 0 spiro atoms. The van der Waals surface area contributed by atoms with E-state index in [1.165, 1.54) is 6.34 Å². The molecule has 2 aromatic carbocycles. The van der Waals surface area contributed by atoms with Crippen molar-refractivity contribution in [2.24, 2.45) is 10.7 Å². The van der Waals surface area contributed by atoms with Gasteiger partial charge in [-0.3, -0.25) is 19.4 Å². The van der Waals surface area contributed by atoms with E-state index in [0.29, 0.717) is 47.8 Å². The average Bonchev–Trinajstić information content (AvgIpc) is 3.32. The topological polar surface area (TPSA) is 149 Å². The molecule has 6 N–H and O–H groups in total. The summed E-state index contributed by atoms with van der Waals surface area (Å²) in [5, 5.41) is 18.5. The van der Waals surface area contributed by atoms with Gasteiger partial charge in [-0.25, -0.2) is 0 Å². The van der Waals surface area contributed by atoms with Crippen LogP contribution in [0.5, 0.6) is 0 Å². The quantitative estimate of drug-likeness (QED) is 0.354. The van der Waals surface area contributed by atoms with Crippen LogP contribution in [0.2, 0.25) is 5.02 Å². The van der Waals surface area contributed by atoms with Crippen LogP contribution in [0, 0.1) is 0 Å². The van der Waals surface area contributed by atoms with E-state index in [1.54, 1.807) is 48.5 Å². The van der Waals surface area contributed by atoms with Crippen LogP contribution in [0.15, 0.2) is 53.5 Å². The Labute approximate surface area is 213 Å². The normalized spacial score (nSPS) is 22.1. The number of halogens is 1. The van der Waals surface area contributed by atoms with E-state index in [0.717, 1.165) is 13.1 Å². The monoisotopic (exact) mass is 512 g/mol. The van der Waals surface area contributed by atoms with Crippen LogP contribution in [0.25, 0.3) is 0 Å². The number of rotatable bonds is 8. The first-order chi connectivity index (χ1) is 17.3. The molecule has 4 rings (SSSR count). The number of carbonyl (C=O) groups is 3. The van der Waals surface area contributed by atoms with Gasteiger partial charge in [-0.15, -0.1) is 0 Å². The van der Waals surface area contributed by atoms with E-state index in [-0.39, 0.29) is 12.0 Å². The summed E-state index contributed by atoms with van der Waals surface area (Å²) in [6, 6.07) is 12.1. The van der Waals surface area contributed by atoms with Crippen LogP contribution >= 0.6 is 11.6 Å². The largest absolute Gasteiger partial charge is 0.393 e. The highest BCUT2D eigenvalue weighted by molar-refractivity contribution is 6.34. The number of anilines is 1. The molecule has 0 bridgehead atoms. The lowest BCUT2D eigenvalue weighted by atomic mass is 9.82. The summed E-state index contributed by atoms with van der Waals surface area (Å²) in [6.45, 7) is 2.55. The van der Waals surface area contributed by atoms with Crippen molar-refractivity contribution in [2.75, 3.05) is 31.5 Å². The van der Waals surface area contributed by atoms with Crippen molar-refractivity contribution in [1.29, 1.82) is 0 Å². The van der Waals surface area contributed by atoms with Crippen molar-refractivity contribution in [3.63, 3.8) is 0 Å². The number of hydrogen-bond acceptors (Lipinski definition) is 7. The fourth-order valence-corrected chi connectivity index (χ4v) is 4.72. The van der Waals surface area contributed by atoms with Gasteiger partial charge in [0.1, 0.15) is 0 Å². The van der Waals surface area contributed by atoms with Gasteiger partial charge in [0, 0.05) is 31.9 Å². The van der Waals surface area contributed by atoms with Crippen LogP contribution in [-0.4, -0.2) is 72.4 Å². The molecule has 0 saturated carbocycles. The zero-order valence-corrected chi connectivity index (χ0v) is 20.4. The van der Waals surface area contributed by atoms with Crippen molar-refractivity contribution >= 4 is 41.3 Å². The third-order valence-electron chi connectivity index (χ3n) is 6.56. The highest BCUT2D eigenvalue weighted by atomic mass is 35.5. The summed E-state index contributed by atoms with van der Waals surface area (Å²) >= 11 is 6.10. The first-order valence-corrected chi connectivity index (χ1v) is 12.1. The second kappa shape index (κ2) is 11.1. The number of aliphatic hydroxyl groups is 1. The summed E-state index contributed by atoms with van der Waals surface area (Å²) < 4.78 is 0. The van der Waals surface area contributed by atoms with Gasteiger partial charge in [-0.2, -0.15) is 0 Å². The number of primary amides is 1. The number of nitrogens with two attached hydrogens (primary N) is 1. The summed E-state index contributed by atoms with van der Waals surface area (Å²) in [4.78, 5) is 44.6. The fourth-order valence-electron chi connectivity index (χ4n) is 4.50. The number of piperidine rings is 1. The lowest BCUT2D eigenvalue weighted by Crippen LogP contribution is -2.60. The first kappa shape index (κ1) is 25.6. The molecule has 2 atom stereocenters. The van der Waals surface area contributed by atoms with Gasteiger partial charge in [0.25, 0.3) is 11.8 Å². The molecule has 0 radical (unpaired) electrons. The molecule has 2 unspecified atom stereocenters.